The molecule has 1 unspecified atom stereocenters. The van der Waals surface area contributed by atoms with Crippen molar-refractivity contribution >= 4 is 11.3 Å². The number of hydrogen-bond donors (Lipinski definition) is 2. The number of aliphatic hydroxyl groups is 1. The largest absolute Gasteiger partial charge is 0.387 e. The summed E-state index contributed by atoms with van der Waals surface area (Å²) in [6, 6.07) is 4.23. The van der Waals surface area contributed by atoms with Gasteiger partial charge in [0.25, 0.3) is 0 Å². The summed E-state index contributed by atoms with van der Waals surface area (Å²) in [5.41, 5.74) is 6.35. The van der Waals surface area contributed by atoms with E-state index in [1.807, 2.05) is 0 Å². The number of thiophene rings is 1. The molecule has 2 nitrogen and oxygen atoms in total. The van der Waals surface area contributed by atoms with E-state index in [9.17, 15) is 5.11 Å². The fraction of sp³-hybridized carbons (Fsp3) is 0.750. The third kappa shape index (κ3) is 3.04. The lowest BCUT2D eigenvalue weighted by Gasteiger charge is -2.45. The van der Waals surface area contributed by atoms with Gasteiger partial charge in [-0.3, -0.25) is 0 Å². The fourth-order valence-corrected chi connectivity index (χ4v) is 4.13. The van der Waals surface area contributed by atoms with Gasteiger partial charge in [0.15, 0.2) is 0 Å². The first-order chi connectivity index (χ1) is 8.92. The number of aliphatic hydroxyl groups excluding tert-OH is 1. The highest BCUT2D eigenvalue weighted by Gasteiger charge is 2.43. The van der Waals surface area contributed by atoms with Crippen LogP contribution in [0, 0.1) is 10.8 Å². The van der Waals surface area contributed by atoms with E-state index in [0.717, 1.165) is 37.0 Å². The first-order valence-corrected chi connectivity index (χ1v) is 8.21. The second-order valence-corrected chi connectivity index (χ2v) is 7.99. The number of hydrogen-bond acceptors (Lipinski definition) is 3. The molecule has 108 valence electrons. The SMILES string of the molecule is CCc1ccc(C(O)C2(CN)CCC(C)(C)CC2)s1. The molecular formula is C16H27NOS. The van der Waals surface area contributed by atoms with Crippen LogP contribution in [0.2, 0.25) is 0 Å². The molecule has 2 rings (SSSR count). The molecule has 0 aliphatic heterocycles. The molecule has 0 amide bonds. The van der Waals surface area contributed by atoms with Crippen LogP contribution in [0.5, 0.6) is 0 Å². The molecule has 0 saturated heterocycles. The second kappa shape index (κ2) is 5.55. The highest BCUT2D eigenvalue weighted by molar-refractivity contribution is 7.12. The van der Waals surface area contributed by atoms with E-state index in [-0.39, 0.29) is 11.5 Å². The molecule has 1 atom stereocenters. The lowest BCUT2D eigenvalue weighted by Crippen LogP contribution is -2.41. The van der Waals surface area contributed by atoms with Crippen molar-refractivity contribution in [1.82, 2.24) is 0 Å². The Bertz CT molecular complexity index is 414. The van der Waals surface area contributed by atoms with Gasteiger partial charge in [0.2, 0.25) is 0 Å². The molecule has 0 aromatic carbocycles. The molecule has 1 heterocycles. The molecule has 1 fully saturated rings. The van der Waals surface area contributed by atoms with Crippen LogP contribution in [-0.4, -0.2) is 11.7 Å². The molecular weight excluding hydrogens is 254 g/mol. The van der Waals surface area contributed by atoms with Crippen molar-refractivity contribution in [3.63, 3.8) is 0 Å². The molecule has 1 aromatic rings. The van der Waals surface area contributed by atoms with E-state index in [1.54, 1.807) is 11.3 Å². The maximum atomic E-state index is 10.8. The van der Waals surface area contributed by atoms with Gasteiger partial charge in [-0.05, 0) is 49.7 Å². The van der Waals surface area contributed by atoms with E-state index in [2.05, 4.69) is 32.9 Å². The standard InChI is InChI=1S/C16H27NOS/c1-4-12-5-6-13(19-12)14(18)16(11-17)9-7-15(2,3)8-10-16/h5-6,14,18H,4,7-11,17H2,1-3H3. The highest BCUT2D eigenvalue weighted by Crippen LogP contribution is 2.51. The molecule has 3 N–H and O–H groups in total. The van der Waals surface area contributed by atoms with Crippen LogP contribution in [0.15, 0.2) is 12.1 Å². The summed E-state index contributed by atoms with van der Waals surface area (Å²) in [5, 5.41) is 10.8. The van der Waals surface area contributed by atoms with Crippen LogP contribution in [-0.2, 0) is 6.42 Å². The van der Waals surface area contributed by atoms with E-state index >= 15 is 0 Å². The molecule has 1 aliphatic rings. The first-order valence-electron chi connectivity index (χ1n) is 7.39. The minimum absolute atomic E-state index is 0.106. The van der Waals surface area contributed by atoms with E-state index in [1.165, 1.54) is 4.88 Å². The summed E-state index contributed by atoms with van der Waals surface area (Å²) in [5.74, 6) is 0. The zero-order valence-corrected chi connectivity index (χ0v) is 13.2. The van der Waals surface area contributed by atoms with Crippen molar-refractivity contribution in [1.29, 1.82) is 0 Å². The normalized spacial score (nSPS) is 23.2. The van der Waals surface area contributed by atoms with Crippen LogP contribution in [0.3, 0.4) is 0 Å². The predicted octanol–water partition coefficient (Wildman–Crippen LogP) is 3.89. The van der Waals surface area contributed by atoms with Crippen LogP contribution in [0.4, 0.5) is 0 Å². The maximum Gasteiger partial charge on any atom is 0.0950 e. The van der Waals surface area contributed by atoms with Crippen molar-refractivity contribution in [2.45, 2.75) is 59.0 Å². The van der Waals surface area contributed by atoms with Crippen LogP contribution in [0.1, 0.15) is 62.3 Å². The zero-order chi connectivity index (χ0) is 14.1. The maximum absolute atomic E-state index is 10.8. The summed E-state index contributed by atoms with van der Waals surface area (Å²) in [6.07, 6.45) is 5.05. The summed E-state index contributed by atoms with van der Waals surface area (Å²) in [7, 11) is 0. The molecule has 19 heavy (non-hydrogen) atoms. The van der Waals surface area contributed by atoms with Crippen LogP contribution in [0.25, 0.3) is 0 Å². The van der Waals surface area contributed by atoms with Gasteiger partial charge in [0, 0.05) is 21.7 Å². The van der Waals surface area contributed by atoms with E-state index in [4.69, 9.17) is 5.73 Å². The Morgan fingerprint density at radius 3 is 2.37 bits per heavy atom. The minimum atomic E-state index is -0.390. The molecule has 0 bridgehead atoms. The Hall–Kier alpha value is -0.380. The van der Waals surface area contributed by atoms with Crippen molar-refractivity contribution in [3.8, 4) is 0 Å². The lowest BCUT2D eigenvalue weighted by atomic mass is 9.62. The Balaban J connectivity index is 2.17. The van der Waals surface area contributed by atoms with Gasteiger partial charge in [-0.2, -0.15) is 0 Å². The molecule has 1 aliphatic carbocycles. The monoisotopic (exact) mass is 281 g/mol. The quantitative estimate of drug-likeness (QED) is 0.879. The molecule has 1 aromatic heterocycles. The lowest BCUT2D eigenvalue weighted by molar-refractivity contribution is -0.0215. The third-order valence-electron chi connectivity index (χ3n) is 4.89. The summed E-state index contributed by atoms with van der Waals surface area (Å²) < 4.78 is 0. The first kappa shape index (κ1) is 15.0. The summed E-state index contributed by atoms with van der Waals surface area (Å²) in [4.78, 5) is 2.44. The fourth-order valence-electron chi connectivity index (χ4n) is 3.05. The van der Waals surface area contributed by atoms with Crippen molar-refractivity contribution in [2.75, 3.05) is 6.54 Å². The van der Waals surface area contributed by atoms with Gasteiger partial charge in [-0.1, -0.05) is 20.8 Å². The Labute approximate surface area is 121 Å². The van der Waals surface area contributed by atoms with Gasteiger partial charge < -0.3 is 10.8 Å². The molecule has 0 radical (unpaired) electrons. The van der Waals surface area contributed by atoms with Crippen LogP contribution < -0.4 is 5.73 Å². The van der Waals surface area contributed by atoms with Gasteiger partial charge in [0.1, 0.15) is 0 Å². The van der Waals surface area contributed by atoms with E-state index in [0.29, 0.717) is 12.0 Å². The van der Waals surface area contributed by atoms with Gasteiger partial charge >= 0.3 is 0 Å². The molecule has 3 heteroatoms. The number of aryl methyl sites for hydroxylation is 1. The molecule has 0 spiro atoms. The Kier molecular flexibility index (Phi) is 4.38. The van der Waals surface area contributed by atoms with Gasteiger partial charge in [-0.25, -0.2) is 0 Å². The summed E-state index contributed by atoms with van der Waals surface area (Å²) in [6.45, 7) is 7.38. The smallest absolute Gasteiger partial charge is 0.0950 e. The van der Waals surface area contributed by atoms with Crippen molar-refractivity contribution in [3.05, 3.63) is 21.9 Å². The summed E-state index contributed by atoms with van der Waals surface area (Å²) >= 11 is 1.74. The zero-order valence-electron chi connectivity index (χ0n) is 12.4. The van der Waals surface area contributed by atoms with Gasteiger partial charge in [-0.15, -0.1) is 11.3 Å². The van der Waals surface area contributed by atoms with Crippen molar-refractivity contribution in [2.24, 2.45) is 16.6 Å². The second-order valence-electron chi connectivity index (χ2n) is 6.79. The average Bonchev–Trinajstić information content (AvgIpc) is 2.87. The average molecular weight is 281 g/mol. The Morgan fingerprint density at radius 1 is 1.26 bits per heavy atom. The van der Waals surface area contributed by atoms with Crippen LogP contribution >= 0.6 is 11.3 Å². The topological polar surface area (TPSA) is 46.2 Å². The number of nitrogens with two attached hydrogens (primary N) is 1. The third-order valence-corrected chi connectivity index (χ3v) is 6.17. The Morgan fingerprint density at radius 2 is 1.89 bits per heavy atom. The highest BCUT2D eigenvalue weighted by atomic mass is 32.1. The minimum Gasteiger partial charge on any atom is -0.387 e. The van der Waals surface area contributed by atoms with E-state index < -0.39 is 0 Å². The van der Waals surface area contributed by atoms with Gasteiger partial charge in [0.05, 0.1) is 6.10 Å². The predicted molar refractivity (Wildman–Crippen MR) is 82.4 cm³/mol. The number of rotatable bonds is 4. The molecule has 1 saturated carbocycles. The van der Waals surface area contributed by atoms with Crippen molar-refractivity contribution < 1.29 is 5.11 Å².